The number of rotatable bonds is 5. The van der Waals surface area contributed by atoms with E-state index in [1.165, 1.54) is 33.7 Å². The van der Waals surface area contributed by atoms with Gasteiger partial charge in [0, 0.05) is 28.8 Å². The van der Waals surface area contributed by atoms with E-state index in [0.29, 0.717) is 18.4 Å². The van der Waals surface area contributed by atoms with Gasteiger partial charge in [0.1, 0.15) is 0 Å². The Kier molecular flexibility index (Phi) is 4.80. The Balaban J connectivity index is 1.28. The first kappa shape index (κ1) is 18.4. The highest BCUT2D eigenvalue weighted by atomic mass is 32.1. The Morgan fingerprint density at radius 1 is 1.18 bits per heavy atom. The molecule has 1 unspecified atom stereocenters. The molecule has 4 heteroatoms. The van der Waals surface area contributed by atoms with Crippen molar-refractivity contribution in [3.8, 4) is 0 Å². The van der Waals surface area contributed by atoms with Crippen LogP contribution in [0, 0.1) is 6.92 Å². The van der Waals surface area contributed by atoms with Crippen molar-refractivity contribution in [3.63, 3.8) is 0 Å². The van der Waals surface area contributed by atoms with Crippen molar-refractivity contribution in [3.05, 3.63) is 57.3 Å². The highest BCUT2D eigenvalue weighted by Gasteiger charge is 2.45. The van der Waals surface area contributed by atoms with Crippen molar-refractivity contribution in [2.24, 2.45) is 0 Å². The fraction of sp³-hybridized carbons (Fsp3) is 0.542. The Hall–Kier alpha value is -1.65. The van der Waals surface area contributed by atoms with Gasteiger partial charge < -0.3 is 5.32 Å². The molecule has 3 nitrogen and oxygen atoms in total. The lowest BCUT2D eigenvalue weighted by Crippen LogP contribution is -2.41. The zero-order chi connectivity index (χ0) is 19.1. The van der Waals surface area contributed by atoms with E-state index in [-0.39, 0.29) is 11.3 Å². The third kappa shape index (κ3) is 3.65. The van der Waals surface area contributed by atoms with E-state index in [2.05, 4.69) is 53.5 Å². The van der Waals surface area contributed by atoms with Crippen LogP contribution in [0.5, 0.6) is 0 Å². The zero-order valence-corrected chi connectivity index (χ0v) is 17.6. The van der Waals surface area contributed by atoms with E-state index in [9.17, 15) is 4.79 Å². The normalized spacial score (nSPS) is 23.7. The highest BCUT2D eigenvalue weighted by Crippen LogP contribution is 2.52. The van der Waals surface area contributed by atoms with Crippen LogP contribution >= 0.6 is 11.3 Å². The maximum Gasteiger partial charge on any atom is 0.220 e. The molecule has 1 aliphatic heterocycles. The molecule has 1 aromatic carbocycles. The molecule has 2 fully saturated rings. The number of hydrogen-bond acceptors (Lipinski definition) is 3. The van der Waals surface area contributed by atoms with Crippen LogP contribution in [0.4, 0.5) is 0 Å². The number of hydrogen-bond donors (Lipinski definition) is 1. The van der Waals surface area contributed by atoms with Gasteiger partial charge in [0.2, 0.25) is 5.91 Å². The van der Waals surface area contributed by atoms with E-state index in [1.807, 2.05) is 11.3 Å². The van der Waals surface area contributed by atoms with Crippen LogP contribution < -0.4 is 5.32 Å². The number of nitrogens with one attached hydrogen (secondary N) is 1. The molecule has 2 aromatic rings. The van der Waals surface area contributed by atoms with Gasteiger partial charge in [-0.15, -0.1) is 11.3 Å². The molecule has 2 aliphatic carbocycles. The molecule has 1 saturated heterocycles. The van der Waals surface area contributed by atoms with Gasteiger partial charge in [-0.3, -0.25) is 9.69 Å². The van der Waals surface area contributed by atoms with Crippen LogP contribution in [0.25, 0.3) is 0 Å². The third-order valence-electron chi connectivity index (χ3n) is 6.97. The van der Waals surface area contributed by atoms with Gasteiger partial charge in [0.25, 0.3) is 0 Å². The summed E-state index contributed by atoms with van der Waals surface area (Å²) in [6.45, 7) is 5.59. The lowest BCUT2D eigenvalue weighted by Gasteiger charge is -2.40. The van der Waals surface area contributed by atoms with Crippen molar-refractivity contribution in [2.45, 2.75) is 69.4 Å². The number of aryl methyl sites for hydroxylation is 1. The van der Waals surface area contributed by atoms with Crippen LogP contribution in [0.2, 0.25) is 0 Å². The summed E-state index contributed by atoms with van der Waals surface area (Å²) in [6.07, 6.45) is 6.57. The summed E-state index contributed by atoms with van der Waals surface area (Å²) in [5, 5.41) is 3.19. The zero-order valence-electron chi connectivity index (χ0n) is 16.7. The summed E-state index contributed by atoms with van der Waals surface area (Å²) in [4.78, 5) is 18.0. The van der Waals surface area contributed by atoms with Crippen LogP contribution in [-0.2, 0) is 16.8 Å². The summed E-state index contributed by atoms with van der Waals surface area (Å²) in [5.74, 6) is 0.645. The van der Waals surface area contributed by atoms with Crippen LogP contribution in [0.15, 0.2) is 36.4 Å². The summed E-state index contributed by atoms with van der Waals surface area (Å²) < 4.78 is 0. The number of likely N-dealkylation sites (tertiary alicyclic amines) is 1. The molecular weight excluding hydrogens is 364 g/mol. The summed E-state index contributed by atoms with van der Waals surface area (Å²) in [5.41, 5.74) is 3.25. The predicted octanol–water partition coefficient (Wildman–Crippen LogP) is 4.75. The van der Waals surface area contributed by atoms with Crippen LogP contribution in [0.3, 0.4) is 0 Å². The van der Waals surface area contributed by atoms with Crippen molar-refractivity contribution in [1.82, 2.24) is 10.2 Å². The third-order valence-corrected chi connectivity index (χ3v) is 7.96. The number of piperidine rings is 1. The minimum absolute atomic E-state index is 0.254. The Morgan fingerprint density at radius 3 is 2.68 bits per heavy atom. The second-order valence-corrected chi connectivity index (χ2v) is 10.5. The highest BCUT2D eigenvalue weighted by molar-refractivity contribution is 7.11. The molecule has 1 N–H and O–H groups in total. The van der Waals surface area contributed by atoms with E-state index in [1.54, 1.807) is 0 Å². The van der Waals surface area contributed by atoms with Crippen molar-refractivity contribution in [2.75, 3.05) is 13.1 Å². The summed E-state index contributed by atoms with van der Waals surface area (Å²) in [7, 11) is 0. The fourth-order valence-electron chi connectivity index (χ4n) is 5.35. The van der Waals surface area contributed by atoms with Gasteiger partial charge in [-0.2, -0.15) is 0 Å². The molecule has 1 spiro atoms. The number of fused-ring (bicyclic) bond motifs is 2. The number of carbonyl (C=O) groups excluding carboxylic acids is 1. The molecule has 1 atom stereocenters. The number of benzene rings is 1. The Bertz CT molecular complexity index is 861. The Morgan fingerprint density at radius 2 is 1.96 bits per heavy atom. The molecule has 3 aliphatic rings. The number of nitrogens with zero attached hydrogens (tertiary/aromatic N) is 1. The molecule has 148 valence electrons. The first-order valence-corrected chi connectivity index (χ1v) is 11.6. The van der Waals surface area contributed by atoms with Gasteiger partial charge >= 0.3 is 0 Å². The van der Waals surface area contributed by atoms with Crippen molar-refractivity contribution in [1.29, 1.82) is 0 Å². The summed E-state index contributed by atoms with van der Waals surface area (Å²) >= 11 is 1.92. The fourth-order valence-corrected chi connectivity index (χ4v) is 6.28. The summed E-state index contributed by atoms with van der Waals surface area (Å²) in [6, 6.07) is 13.9. The smallest absolute Gasteiger partial charge is 0.220 e. The second-order valence-electron chi connectivity index (χ2n) is 9.10. The van der Waals surface area contributed by atoms with E-state index >= 15 is 0 Å². The van der Waals surface area contributed by atoms with E-state index in [0.717, 1.165) is 38.9 Å². The minimum atomic E-state index is 0.254. The predicted molar refractivity (Wildman–Crippen MR) is 115 cm³/mol. The van der Waals surface area contributed by atoms with Gasteiger partial charge in [-0.05, 0) is 86.7 Å². The molecule has 0 radical (unpaired) electrons. The van der Waals surface area contributed by atoms with Gasteiger partial charge in [0.15, 0.2) is 0 Å². The molecule has 2 heterocycles. The monoisotopic (exact) mass is 394 g/mol. The lowest BCUT2D eigenvalue weighted by atomic mass is 9.73. The van der Waals surface area contributed by atoms with Crippen LogP contribution in [-0.4, -0.2) is 29.9 Å². The maximum absolute atomic E-state index is 12.5. The van der Waals surface area contributed by atoms with Crippen molar-refractivity contribution < 1.29 is 4.79 Å². The number of thiophene rings is 1. The SMILES string of the molecule is Cc1ccc(CN2CCC3(CC2)CC(CC(=O)NC2CC2)c2ccccc23)s1. The average molecular weight is 395 g/mol. The topological polar surface area (TPSA) is 32.3 Å². The molecule has 1 saturated carbocycles. The molecule has 28 heavy (non-hydrogen) atoms. The van der Waals surface area contributed by atoms with Gasteiger partial charge in [-0.25, -0.2) is 0 Å². The molecule has 1 amide bonds. The number of carbonyl (C=O) groups is 1. The van der Waals surface area contributed by atoms with Gasteiger partial charge in [-0.1, -0.05) is 24.3 Å². The molecule has 1 aromatic heterocycles. The second kappa shape index (κ2) is 7.31. The van der Waals surface area contributed by atoms with Gasteiger partial charge in [0.05, 0.1) is 0 Å². The molecule has 0 bridgehead atoms. The van der Waals surface area contributed by atoms with Crippen molar-refractivity contribution >= 4 is 17.2 Å². The molecular formula is C24H30N2OS. The first-order valence-electron chi connectivity index (χ1n) is 10.8. The minimum Gasteiger partial charge on any atom is -0.353 e. The standard InChI is InChI=1S/C24H30N2OS/c1-17-6-9-20(28-17)16-26-12-10-24(11-13-26)15-18(14-23(27)25-19-7-8-19)21-4-2-3-5-22(21)24/h2-6,9,18-19H,7-8,10-16H2,1H3,(H,25,27). The van der Waals surface area contributed by atoms with E-state index in [4.69, 9.17) is 0 Å². The maximum atomic E-state index is 12.5. The lowest BCUT2D eigenvalue weighted by molar-refractivity contribution is -0.121. The largest absolute Gasteiger partial charge is 0.353 e. The van der Waals surface area contributed by atoms with E-state index < -0.39 is 0 Å². The first-order chi connectivity index (χ1) is 13.6. The average Bonchev–Trinajstić information content (AvgIpc) is 3.33. The number of amides is 1. The quantitative estimate of drug-likeness (QED) is 0.794. The van der Waals surface area contributed by atoms with Crippen LogP contribution in [0.1, 0.15) is 65.3 Å². The Labute approximate surface area is 172 Å². The molecule has 5 rings (SSSR count).